The average Bonchev–Trinajstić information content (AvgIpc) is 2.39. The Bertz CT molecular complexity index is 469. The predicted octanol–water partition coefficient (Wildman–Crippen LogP) is 2.22. The highest BCUT2D eigenvalue weighted by Crippen LogP contribution is 2.26. The smallest absolute Gasteiger partial charge is 0.119 e. The first-order valence-electron chi connectivity index (χ1n) is 5.12. The Kier molecular flexibility index (Phi) is 3.17. The molecule has 82 valence electrons. The number of rotatable bonds is 3. The monoisotopic (exact) mass is 214 g/mol. The van der Waals surface area contributed by atoms with Gasteiger partial charge in [-0.15, -0.1) is 0 Å². The molecule has 0 saturated carbocycles. The van der Waals surface area contributed by atoms with Gasteiger partial charge in [0.15, 0.2) is 0 Å². The molecule has 0 amide bonds. The van der Waals surface area contributed by atoms with E-state index in [9.17, 15) is 0 Å². The van der Waals surface area contributed by atoms with Crippen LogP contribution in [0.3, 0.4) is 0 Å². The summed E-state index contributed by atoms with van der Waals surface area (Å²) in [4.78, 5) is 4.11. The maximum absolute atomic E-state index is 5.74. The lowest BCUT2D eigenvalue weighted by atomic mass is 10.0. The second-order valence-electron chi connectivity index (χ2n) is 3.47. The molecule has 3 heteroatoms. The Labute approximate surface area is 94.9 Å². The van der Waals surface area contributed by atoms with E-state index >= 15 is 0 Å². The number of benzene rings is 1. The molecule has 1 heterocycles. The van der Waals surface area contributed by atoms with Crippen LogP contribution in [-0.2, 0) is 6.54 Å². The van der Waals surface area contributed by atoms with Gasteiger partial charge in [-0.3, -0.25) is 4.98 Å². The van der Waals surface area contributed by atoms with Crippen molar-refractivity contribution in [1.29, 1.82) is 0 Å². The third kappa shape index (κ3) is 2.04. The van der Waals surface area contributed by atoms with Gasteiger partial charge in [0.1, 0.15) is 5.75 Å². The Balaban J connectivity index is 2.49. The van der Waals surface area contributed by atoms with Crippen molar-refractivity contribution in [3.8, 4) is 16.9 Å². The maximum atomic E-state index is 5.74. The Morgan fingerprint density at radius 1 is 1.31 bits per heavy atom. The van der Waals surface area contributed by atoms with Gasteiger partial charge in [-0.05, 0) is 29.3 Å². The molecule has 1 aromatic carbocycles. The van der Waals surface area contributed by atoms with Crippen molar-refractivity contribution in [2.24, 2.45) is 5.73 Å². The van der Waals surface area contributed by atoms with Gasteiger partial charge in [0.2, 0.25) is 0 Å². The average molecular weight is 214 g/mol. The minimum Gasteiger partial charge on any atom is -0.497 e. The van der Waals surface area contributed by atoms with Crippen LogP contribution in [-0.4, -0.2) is 12.1 Å². The zero-order valence-corrected chi connectivity index (χ0v) is 9.18. The van der Waals surface area contributed by atoms with E-state index in [0.29, 0.717) is 6.54 Å². The number of pyridine rings is 1. The molecule has 0 radical (unpaired) electrons. The van der Waals surface area contributed by atoms with Crippen molar-refractivity contribution in [1.82, 2.24) is 4.98 Å². The molecule has 0 spiro atoms. The molecule has 0 fully saturated rings. The highest BCUT2D eigenvalue weighted by molar-refractivity contribution is 5.67. The van der Waals surface area contributed by atoms with Gasteiger partial charge < -0.3 is 10.5 Å². The molecule has 0 aliphatic heterocycles. The molecule has 0 saturated heterocycles. The first-order chi connectivity index (χ1) is 7.85. The lowest BCUT2D eigenvalue weighted by Crippen LogP contribution is -1.99. The molecular weight excluding hydrogens is 200 g/mol. The third-order valence-electron chi connectivity index (χ3n) is 2.50. The normalized spacial score (nSPS) is 10.1. The van der Waals surface area contributed by atoms with Crippen LogP contribution in [0.25, 0.3) is 11.1 Å². The van der Waals surface area contributed by atoms with Crippen molar-refractivity contribution in [2.75, 3.05) is 7.11 Å². The van der Waals surface area contributed by atoms with E-state index in [1.54, 1.807) is 13.3 Å². The summed E-state index contributed by atoms with van der Waals surface area (Å²) in [6, 6.07) is 9.84. The van der Waals surface area contributed by atoms with Crippen molar-refractivity contribution in [3.63, 3.8) is 0 Å². The molecule has 2 N–H and O–H groups in total. The topological polar surface area (TPSA) is 48.1 Å². The Hall–Kier alpha value is -1.87. The van der Waals surface area contributed by atoms with Crippen LogP contribution in [0.4, 0.5) is 0 Å². The standard InChI is InChI=1S/C13H14N2O/c1-16-12-4-5-13(11(7-12)8-14)10-3-2-6-15-9-10/h2-7,9H,8,14H2,1H3. The molecule has 2 rings (SSSR count). The van der Waals surface area contributed by atoms with Crippen molar-refractivity contribution < 1.29 is 4.74 Å². The summed E-state index contributed by atoms with van der Waals surface area (Å²) in [5.41, 5.74) is 8.98. The van der Waals surface area contributed by atoms with E-state index in [4.69, 9.17) is 10.5 Å². The summed E-state index contributed by atoms with van der Waals surface area (Å²) in [5, 5.41) is 0. The summed E-state index contributed by atoms with van der Waals surface area (Å²) in [6.45, 7) is 0.488. The van der Waals surface area contributed by atoms with Gasteiger partial charge in [-0.2, -0.15) is 0 Å². The largest absolute Gasteiger partial charge is 0.497 e. The molecule has 1 aromatic heterocycles. The fraction of sp³-hybridized carbons (Fsp3) is 0.154. The van der Waals surface area contributed by atoms with E-state index in [2.05, 4.69) is 4.98 Å². The Morgan fingerprint density at radius 3 is 2.81 bits per heavy atom. The molecule has 0 bridgehead atoms. The molecule has 0 aliphatic carbocycles. The molecule has 2 aromatic rings. The molecule has 0 atom stereocenters. The second-order valence-corrected chi connectivity index (χ2v) is 3.47. The highest BCUT2D eigenvalue weighted by Gasteiger charge is 2.05. The molecular formula is C13H14N2O. The maximum Gasteiger partial charge on any atom is 0.119 e. The van der Waals surface area contributed by atoms with Gasteiger partial charge >= 0.3 is 0 Å². The fourth-order valence-corrected chi connectivity index (χ4v) is 1.67. The van der Waals surface area contributed by atoms with Crippen LogP contribution in [0.1, 0.15) is 5.56 Å². The van der Waals surface area contributed by atoms with E-state index in [1.807, 2.05) is 36.5 Å². The second kappa shape index (κ2) is 4.77. The summed E-state index contributed by atoms with van der Waals surface area (Å²) < 4.78 is 5.18. The van der Waals surface area contributed by atoms with Crippen molar-refractivity contribution >= 4 is 0 Å². The Morgan fingerprint density at radius 2 is 2.19 bits per heavy atom. The van der Waals surface area contributed by atoms with Gasteiger partial charge in [0.05, 0.1) is 7.11 Å². The summed E-state index contributed by atoms with van der Waals surface area (Å²) in [5.74, 6) is 0.827. The van der Waals surface area contributed by atoms with E-state index in [-0.39, 0.29) is 0 Å². The number of methoxy groups -OCH3 is 1. The van der Waals surface area contributed by atoms with Crippen LogP contribution in [0.2, 0.25) is 0 Å². The minimum absolute atomic E-state index is 0.488. The first-order valence-corrected chi connectivity index (χ1v) is 5.12. The summed E-state index contributed by atoms with van der Waals surface area (Å²) >= 11 is 0. The number of nitrogens with two attached hydrogens (primary N) is 1. The highest BCUT2D eigenvalue weighted by atomic mass is 16.5. The number of nitrogens with zero attached hydrogens (tertiary/aromatic N) is 1. The lowest BCUT2D eigenvalue weighted by molar-refractivity contribution is 0.414. The summed E-state index contributed by atoms with van der Waals surface area (Å²) in [6.07, 6.45) is 3.59. The van der Waals surface area contributed by atoms with E-state index in [1.165, 1.54) is 0 Å². The van der Waals surface area contributed by atoms with Crippen molar-refractivity contribution in [3.05, 3.63) is 48.3 Å². The van der Waals surface area contributed by atoms with E-state index < -0.39 is 0 Å². The zero-order chi connectivity index (χ0) is 11.4. The van der Waals surface area contributed by atoms with Crippen LogP contribution in [0.15, 0.2) is 42.7 Å². The predicted molar refractivity (Wildman–Crippen MR) is 64.1 cm³/mol. The fourth-order valence-electron chi connectivity index (χ4n) is 1.67. The quantitative estimate of drug-likeness (QED) is 0.852. The number of hydrogen-bond acceptors (Lipinski definition) is 3. The number of aromatic nitrogens is 1. The van der Waals surface area contributed by atoms with Gasteiger partial charge in [0, 0.05) is 24.5 Å². The van der Waals surface area contributed by atoms with Gasteiger partial charge in [-0.25, -0.2) is 0 Å². The molecule has 0 unspecified atom stereocenters. The lowest BCUT2D eigenvalue weighted by Gasteiger charge is -2.09. The van der Waals surface area contributed by atoms with Crippen LogP contribution >= 0.6 is 0 Å². The molecule has 3 nitrogen and oxygen atoms in total. The zero-order valence-electron chi connectivity index (χ0n) is 9.18. The van der Waals surface area contributed by atoms with Crippen LogP contribution in [0.5, 0.6) is 5.75 Å². The van der Waals surface area contributed by atoms with Gasteiger partial charge in [-0.1, -0.05) is 12.1 Å². The van der Waals surface area contributed by atoms with Crippen LogP contribution < -0.4 is 10.5 Å². The number of ether oxygens (including phenoxy) is 1. The van der Waals surface area contributed by atoms with Crippen molar-refractivity contribution in [2.45, 2.75) is 6.54 Å². The molecule has 0 aliphatic rings. The molecule has 16 heavy (non-hydrogen) atoms. The number of hydrogen-bond donors (Lipinski definition) is 1. The minimum atomic E-state index is 0.488. The SMILES string of the molecule is COc1ccc(-c2cccnc2)c(CN)c1. The van der Waals surface area contributed by atoms with Gasteiger partial charge in [0.25, 0.3) is 0 Å². The first kappa shape index (κ1) is 10.6. The third-order valence-corrected chi connectivity index (χ3v) is 2.50. The van der Waals surface area contributed by atoms with Crippen LogP contribution in [0, 0.1) is 0 Å². The summed E-state index contributed by atoms with van der Waals surface area (Å²) in [7, 11) is 1.65. The van der Waals surface area contributed by atoms with E-state index in [0.717, 1.165) is 22.4 Å².